The molecule has 1 fully saturated rings. The number of benzene rings is 1. The Hall–Kier alpha value is -1.84. The van der Waals surface area contributed by atoms with Gasteiger partial charge in [0.1, 0.15) is 5.82 Å². The van der Waals surface area contributed by atoms with Gasteiger partial charge in [-0.1, -0.05) is 11.6 Å². The Kier molecular flexibility index (Phi) is 5.88. The molecule has 152 valence electrons. The van der Waals surface area contributed by atoms with E-state index in [0.29, 0.717) is 42.5 Å². The number of rotatable bonds is 3. The zero-order valence-corrected chi connectivity index (χ0v) is 16.7. The maximum Gasteiger partial charge on any atom is 0.417 e. The molecule has 1 saturated heterocycles. The molecule has 1 aromatic carbocycles. The van der Waals surface area contributed by atoms with Crippen LogP contribution >= 0.6 is 11.6 Å². The van der Waals surface area contributed by atoms with E-state index in [-0.39, 0.29) is 11.4 Å². The lowest BCUT2D eigenvalue weighted by Crippen LogP contribution is -2.35. The fraction of sp³-hybridized carbons (Fsp3) is 0.389. The average Bonchev–Trinajstić information content (AvgIpc) is 2.87. The van der Waals surface area contributed by atoms with Gasteiger partial charge in [-0.2, -0.15) is 17.5 Å². The van der Waals surface area contributed by atoms with Crippen LogP contribution in [0.15, 0.2) is 41.4 Å². The molecule has 28 heavy (non-hydrogen) atoms. The molecule has 3 rings (SSSR count). The van der Waals surface area contributed by atoms with Crippen LogP contribution in [0.25, 0.3) is 0 Å². The van der Waals surface area contributed by atoms with Crippen molar-refractivity contribution in [3.05, 3.63) is 52.7 Å². The molecule has 0 atom stereocenters. The van der Waals surface area contributed by atoms with E-state index in [4.69, 9.17) is 11.6 Å². The molecule has 0 amide bonds. The van der Waals surface area contributed by atoms with Crippen LogP contribution in [0.2, 0.25) is 5.02 Å². The lowest BCUT2D eigenvalue weighted by atomic mass is 10.2. The lowest BCUT2D eigenvalue weighted by molar-refractivity contribution is -0.137. The molecule has 0 radical (unpaired) electrons. The van der Waals surface area contributed by atoms with Gasteiger partial charge in [-0.3, -0.25) is 0 Å². The number of hydrogen-bond donors (Lipinski definition) is 0. The third-order valence-corrected chi connectivity index (χ3v) is 6.90. The summed E-state index contributed by atoms with van der Waals surface area (Å²) >= 11 is 5.91. The minimum absolute atomic E-state index is 0.206. The number of sulfonamides is 1. The molecular weight excluding hydrogens is 415 g/mol. The number of halogens is 4. The quantitative estimate of drug-likeness (QED) is 0.735. The van der Waals surface area contributed by atoms with Gasteiger partial charge >= 0.3 is 6.18 Å². The first-order valence-corrected chi connectivity index (χ1v) is 10.5. The van der Waals surface area contributed by atoms with Gasteiger partial charge < -0.3 is 4.90 Å². The average molecular weight is 434 g/mol. The highest BCUT2D eigenvalue weighted by molar-refractivity contribution is 7.89. The maximum absolute atomic E-state index is 13.0. The molecular formula is C18H19ClF3N3O2S. The maximum atomic E-state index is 13.0. The van der Waals surface area contributed by atoms with Gasteiger partial charge in [-0.25, -0.2) is 13.4 Å². The molecule has 0 spiro atoms. The van der Waals surface area contributed by atoms with Crippen molar-refractivity contribution in [2.45, 2.75) is 24.4 Å². The number of pyridine rings is 1. The van der Waals surface area contributed by atoms with Crippen molar-refractivity contribution in [2.24, 2.45) is 0 Å². The van der Waals surface area contributed by atoms with Crippen molar-refractivity contribution in [3.63, 3.8) is 0 Å². The number of aryl methyl sites for hydroxylation is 1. The van der Waals surface area contributed by atoms with Gasteiger partial charge in [0.2, 0.25) is 10.0 Å². The molecule has 1 aromatic heterocycles. The van der Waals surface area contributed by atoms with E-state index in [0.717, 1.165) is 12.3 Å². The van der Waals surface area contributed by atoms with Gasteiger partial charge in [0.25, 0.3) is 0 Å². The number of aromatic nitrogens is 1. The predicted octanol–water partition coefficient (Wildman–Crippen LogP) is 3.96. The molecule has 0 aliphatic carbocycles. The van der Waals surface area contributed by atoms with Crippen molar-refractivity contribution in [3.8, 4) is 0 Å². The van der Waals surface area contributed by atoms with Crippen molar-refractivity contribution < 1.29 is 21.6 Å². The molecule has 0 saturated carbocycles. The Morgan fingerprint density at radius 3 is 2.43 bits per heavy atom. The monoisotopic (exact) mass is 433 g/mol. The van der Waals surface area contributed by atoms with Crippen LogP contribution < -0.4 is 4.90 Å². The Bertz CT molecular complexity index is 950. The Morgan fingerprint density at radius 1 is 1.07 bits per heavy atom. The highest BCUT2D eigenvalue weighted by Crippen LogP contribution is 2.30. The first kappa shape index (κ1) is 20.9. The Labute approximate surface area is 166 Å². The largest absolute Gasteiger partial charge is 0.417 e. The Morgan fingerprint density at radius 2 is 1.82 bits per heavy atom. The molecule has 0 unspecified atom stereocenters. The third kappa shape index (κ3) is 4.42. The van der Waals surface area contributed by atoms with Crippen LogP contribution in [0, 0.1) is 6.92 Å². The van der Waals surface area contributed by atoms with Crippen LogP contribution in [0.3, 0.4) is 0 Å². The van der Waals surface area contributed by atoms with Crippen molar-refractivity contribution in [1.29, 1.82) is 0 Å². The minimum Gasteiger partial charge on any atom is -0.355 e. The molecule has 1 aliphatic heterocycles. The zero-order chi connectivity index (χ0) is 20.5. The molecule has 2 heterocycles. The summed E-state index contributed by atoms with van der Waals surface area (Å²) in [5.74, 6) is 0.398. The summed E-state index contributed by atoms with van der Waals surface area (Å²) in [6, 6.07) is 6.94. The summed E-state index contributed by atoms with van der Waals surface area (Å²) in [5, 5.41) is 0.465. The lowest BCUT2D eigenvalue weighted by Gasteiger charge is -2.23. The van der Waals surface area contributed by atoms with Gasteiger partial charge in [-0.05, 0) is 49.2 Å². The molecule has 5 nitrogen and oxygen atoms in total. The predicted molar refractivity (Wildman–Crippen MR) is 101 cm³/mol. The highest BCUT2D eigenvalue weighted by atomic mass is 35.5. The van der Waals surface area contributed by atoms with Crippen molar-refractivity contribution in [1.82, 2.24) is 9.29 Å². The molecule has 1 aliphatic rings. The summed E-state index contributed by atoms with van der Waals surface area (Å²) in [4.78, 5) is 5.91. The van der Waals surface area contributed by atoms with E-state index < -0.39 is 21.8 Å². The molecule has 2 aromatic rings. The zero-order valence-electron chi connectivity index (χ0n) is 15.1. The number of nitrogens with zero attached hydrogens (tertiary/aromatic N) is 3. The van der Waals surface area contributed by atoms with Crippen LogP contribution in [-0.2, 0) is 16.2 Å². The van der Waals surface area contributed by atoms with E-state index >= 15 is 0 Å². The van der Waals surface area contributed by atoms with E-state index in [9.17, 15) is 21.6 Å². The summed E-state index contributed by atoms with van der Waals surface area (Å²) in [6.07, 6.45) is -3.11. The van der Waals surface area contributed by atoms with Crippen LogP contribution in [0.4, 0.5) is 19.0 Å². The van der Waals surface area contributed by atoms with Crippen LogP contribution in [0.5, 0.6) is 0 Å². The first-order chi connectivity index (χ1) is 13.1. The fourth-order valence-electron chi connectivity index (χ4n) is 3.15. The van der Waals surface area contributed by atoms with Gasteiger partial charge in [-0.15, -0.1) is 0 Å². The van der Waals surface area contributed by atoms with Crippen molar-refractivity contribution in [2.75, 3.05) is 31.1 Å². The smallest absolute Gasteiger partial charge is 0.355 e. The van der Waals surface area contributed by atoms with E-state index in [1.807, 2.05) is 0 Å². The van der Waals surface area contributed by atoms with Gasteiger partial charge in [0.15, 0.2) is 0 Å². The fourth-order valence-corrected chi connectivity index (χ4v) is 5.05. The summed E-state index contributed by atoms with van der Waals surface area (Å²) in [7, 11) is -3.69. The molecule has 0 bridgehead atoms. The normalized spacial score (nSPS) is 16.8. The van der Waals surface area contributed by atoms with E-state index in [1.54, 1.807) is 17.9 Å². The summed E-state index contributed by atoms with van der Waals surface area (Å²) < 4.78 is 65.5. The minimum atomic E-state index is -4.44. The SMILES string of the molecule is Cc1cc(Cl)ccc1S(=O)(=O)N1CCCN(c2ccc(C(F)(F)F)cn2)CC1. The van der Waals surface area contributed by atoms with E-state index in [1.165, 1.54) is 22.5 Å². The number of hydrogen-bond acceptors (Lipinski definition) is 4. The molecule has 0 N–H and O–H groups in total. The van der Waals surface area contributed by atoms with Gasteiger partial charge in [0, 0.05) is 37.4 Å². The molecule has 10 heteroatoms. The second-order valence-electron chi connectivity index (χ2n) is 6.56. The topological polar surface area (TPSA) is 53.5 Å². The van der Waals surface area contributed by atoms with Crippen LogP contribution in [0.1, 0.15) is 17.5 Å². The highest BCUT2D eigenvalue weighted by Gasteiger charge is 2.31. The second-order valence-corrected chi connectivity index (χ2v) is 8.90. The summed E-state index contributed by atoms with van der Waals surface area (Å²) in [6.45, 7) is 3.07. The summed E-state index contributed by atoms with van der Waals surface area (Å²) in [5.41, 5.74) is -0.244. The second kappa shape index (κ2) is 7.88. The van der Waals surface area contributed by atoms with Gasteiger partial charge in [0.05, 0.1) is 10.5 Å². The number of anilines is 1. The number of alkyl halides is 3. The Balaban J connectivity index is 1.76. The van der Waals surface area contributed by atoms with Crippen molar-refractivity contribution >= 4 is 27.4 Å². The first-order valence-electron chi connectivity index (χ1n) is 8.63. The third-order valence-electron chi connectivity index (χ3n) is 4.61. The standard InChI is InChI=1S/C18H19ClF3N3O2S/c1-13-11-15(19)4-5-16(13)28(26,27)25-8-2-7-24(9-10-25)17-6-3-14(12-23-17)18(20,21)22/h3-6,11-12H,2,7-10H2,1H3. The van der Waals surface area contributed by atoms with Crippen LogP contribution in [-0.4, -0.2) is 43.9 Å². The van der Waals surface area contributed by atoms with E-state index in [2.05, 4.69) is 4.98 Å².